The molecule has 206 valence electrons. The molecule has 3 aliphatic heterocycles. The van der Waals surface area contributed by atoms with Crippen molar-refractivity contribution in [2.45, 2.75) is 50.8 Å². The number of nitrogens with zero attached hydrogens (tertiary/aromatic N) is 3. The van der Waals surface area contributed by atoms with Gasteiger partial charge in [-0.15, -0.1) is 0 Å². The highest BCUT2D eigenvalue weighted by atomic mass is 15.4. The van der Waals surface area contributed by atoms with Crippen LogP contribution in [0.25, 0.3) is 0 Å². The van der Waals surface area contributed by atoms with E-state index in [1.54, 1.807) is 0 Å². The number of anilines is 3. The first-order chi connectivity index (χ1) is 19.8. The van der Waals surface area contributed by atoms with Gasteiger partial charge in [-0.25, -0.2) is 0 Å². The zero-order valence-electron chi connectivity index (χ0n) is 23.1. The summed E-state index contributed by atoms with van der Waals surface area (Å²) in [5.41, 5.74) is 6.30. The molecule has 0 amide bonds. The molecule has 0 aromatic heterocycles. The molecule has 1 aliphatic carbocycles. The number of allylic oxidation sites excluding steroid dienone is 3. The van der Waals surface area contributed by atoms with Gasteiger partial charge in [-0.1, -0.05) is 67.6 Å². The van der Waals surface area contributed by atoms with Gasteiger partial charge in [0.05, 0.1) is 24.7 Å². The molecule has 5 atom stereocenters. The molecule has 40 heavy (non-hydrogen) atoms. The second-order valence-electron chi connectivity index (χ2n) is 11.2. The summed E-state index contributed by atoms with van der Waals surface area (Å²) in [7, 11) is 0. The van der Waals surface area contributed by atoms with E-state index in [9.17, 15) is 0 Å². The fourth-order valence-corrected chi connectivity index (χ4v) is 6.78. The molecule has 0 saturated carbocycles. The van der Waals surface area contributed by atoms with Crippen molar-refractivity contribution < 1.29 is 0 Å². The second kappa shape index (κ2) is 11.1. The van der Waals surface area contributed by atoms with Gasteiger partial charge in [0, 0.05) is 60.6 Å². The van der Waals surface area contributed by atoms with Crippen LogP contribution >= 0.6 is 0 Å². The Labute approximate surface area is 237 Å². The molecule has 2 fully saturated rings. The average Bonchev–Trinajstić information content (AvgIpc) is 3.01. The van der Waals surface area contributed by atoms with Crippen LogP contribution in [0.5, 0.6) is 0 Å². The predicted molar refractivity (Wildman–Crippen MR) is 163 cm³/mol. The lowest BCUT2D eigenvalue weighted by atomic mass is 9.93. The molecule has 5 unspecified atom stereocenters. The van der Waals surface area contributed by atoms with E-state index in [1.165, 1.54) is 28.5 Å². The summed E-state index contributed by atoms with van der Waals surface area (Å²) in [4.78, 5) is 7.66. The van der Waals surface area contributed by atoms with E-state index in [4.69, 9.17) is 0 Å². The lowest BCUT2D eigenvalue weighted by Crippen LogP contribution is -2.69. The number of rotatable bonds is 3. The summed E-state index contributed by atoms with van der Waals surface area (Å²) in [6.07, 6.45) is 8.36. The van der Waals surface area contributed by atoms with E-state index in [0.717, 1.165) is 32.6 Å². The van der Waals surface area contributed by atoms with Crippen LogP contribution in [0.3, 0.4) is 0 Å². The molecule has 0 spiro atoms. The first-order valence-corrected chi connectivity index (χ1v) is 14.6. The topological polar surface area (TPSA) is 57.8 Å². The summed E-state index contributed by atoms with van der Waals surface area (Å²) >= 11 is 0. The molecule has 3 heterocycles. The van der Waals surface area contributed by atoms with Crippen molar-refractivity contribution in [2.75, 3.05) is 28.0 Å². The molecular formula is C33H39N7. The maximum atomic E-state index is 3.83. The Morgan fingerprint density at radius 1 is 0.575 bits per heavy atom. The summed E-state index contributed by atoms with van der Waals surface area (Å²) in [6, 6.07) is 32.7. The van der Waals surface area contributed by atoms with Crippen LogP contribution in [0.15, 0.2) is 115 Å². The third-order valence-electron chi connectivity index (χ3n) is 8.70. The molecule has 7 rings (SSSR count). The molecule has 7 heteroatoms. The Kier molecular flexibility index (Phi) is 7.04. The number of nitrogens with one attached hydrogen (secondary N) is 4. The van der Waals surface area contributed by atoms with Gasteiger partial charge in [0.2, 0.25) is 0 Å². The Bertz CT molecular complexity index is 1340. The van der Waals surface area contributed by atoms with Gasteiger partial charge in [0.1, 0.15) is 0 Å². The minimum absolute atomic E-state index is 0.138. The van der Waals surface area contributed by atoms with Crippen molar-refractivity contribution in [2.24, 2.45) is 5.92 Å². The van der Waals surface area contributed by atoms with Crippen LogP contribution in [0.4, 0.5) is 17.1 Å². The van der Waals surface area contributed by atoms with Crippen LogP contribution in [-0.2, 0) is 0 Å². The smallest absolute Gasteiger partial charge is 0.0887 e. The highest BCUT2D eigenvalue weighted by Crippen LogP contribution is 2.38. The van der Waals surface area contributed by atoms with E-state index in [-0.39, 0.29) is 24.7 Å². The fraction of sp³-hybridized carbons (Fsp3) is 0.333. The number of benzene rings is 3. The Morgan fingerprint density at radius 3 is 1.62 bits per heavy atom. The molecule has 4 N–H and O–H groups in total. The van der Waals surface area contributed by atoms with E-state index in [2.05, 4.69) is 146 Å². The monoisotopic (exact) mass is 533 g/mol. The van der Waals surface area contributed by atoms with Crippen molar-refractivity contribution in [3.8, 4) is 0 Å². The van der Waals surface area contributed by atoms with Crippen LogP contribution in [0.1, 0.15) is 26.2 Å². The molecule has 6 bridgehead atoms. The maximum Gasteiger partial charge on any atom is 0.0887 e. The van der Waals surface area contributed by atoms with Crippen LogP contribution in [0, 0.1) is 5.92 Å². The van der Waals surface area contributed by atoms with Gasteiger partial charge in [-0.3, -0.25) is 21.3 Å². The van der Waals surface area contributed by atoms with Crippen molar-refractivity contribution in [1.82, 2.24) is 21.3 Å². The molecule has 0 radical (unpaired) electrons. The van der Waals surface area contributed by atoms with Crippen molar-refractivity contribution in [1.29, 1.82) is 0 Å². The van der Waals surface area contributed by atoms with Gasteiger partial charge >= 0.3 is 0 Å². The molecule has 3 aromatic rings. The standard InChI is InChI=1S/C33H39N7/c1-24-17-18-28-19-29(24)39(26-13-7-3-8-14-26)31-21-33(37-23-35-31)40(27-15-9-4-10-16-27)32-20-30(34-22-36-32)38(28)25-11-5-2-6-12-25/h2-16,18-19,24,30-37H,17,20-23H2,1H3. The van der Waals surface area contributed by atoms with Crippen LogP contribution < -0.4 is 36.0 Å². The number of fused-ring (bicyclic) bond motifs is 5. The summed E-state index contributed by atoms with van der Waals surface area (Å²) < 4.78 is 0. The summed E-state index contributed by atoms with van der Waals surface area (Å²) in [5, 5.41) is 15.3. The third-order valence-corrected chi connectivity index (χ3v) is 8.70. The summed E-state index contributed by atoms with van der Waals surface area (Å²) in [5.74, 6) is 0.401. The predicted octanol–water partition coefficient (Wildman–Crippen LogP) is 4.71. The Morgan fingerprint density at radius 2 is 1.05 bits per heavy atom. The van der Waals surface area contributed by atoms with Gasteiger partial charge < -0.3 is 14.7 Å². The lowest BCUT2D eigenvalue weighted by molar-refractivity contribution is 0.240. The molecule has 3 aromatic carbocycles. The molecule has 7 nitrogen and oxygen atoms in total. The largest absolute Gasteiger partial charge is 0.340 e. The average molecular weight is 534 g/mol. The summed E-state index contributed by atoms with van der Waals surface area (Å²) in [6.45, 7) is 3.85. The van der Waals surface area contributed by atoms with Gasteiger partial charge in [-0.2, -0.15) is 0 Å². The number of para-hydroxylation sites is 3. The third kappa shape index (κ3) is 4.80. The van der Waals surface area contributed by atoms with Gasteiger partial charge in [-0.05, 0) is 48.9 Å². The molecular weight excluding hydrogens is 494 g/mol. The zero-order chi connectivity index (χ0) is 26.9. The van der Waals surface area contributed by atoms with Crippen LogP contribution in [-0.4, -0.2) is 38.0 Å². The first kappa shape index (κ1) is 25.4. The SMILES string of the molecule is CC1CC=C2C=C1N(c1ccccc1)C1CC(NCN1)N(c1ccccc1)C1CC(NCN1)N2c1ccccc1. The maximum absolute atomic E-state index is 3.83. The lowest BCUT2D eigenvalue weighted by Gasteiger charge is -2.51. The zero-order valence-corrected chi connectivity index (χ0v) is 23.1. The highest BCUT2D eigenvalue weighted by Gasteiger charge is 2.40. The van der Waals surface area contributed by atoms with E-state index < -0.39 is 0 Å². The van der Waals surface area contributed by atoms with Crippen LogP contribution in [0.2, 0.25) is 0 Å². The van der Waals surface area contributed by atoms with Gasteiger partial charge in [0.15, 0.2) is 0 Å². The minimum Gasteiger partial charge on any atom is -0.340 e. The van der Waals surface area contributed by atoms with E-state index >= 15 is 0 Å². The normalized spacial score (nSPS) is 28.6. The quantitative estimate of drug-likeness (QED) is 0.389. The molecule has 2 saturated heterocycles. The Balaban J connectivity index is 1.41. The van der Waals surface area contributed by atoms with Crippen molar-refractivity contribution in [3.63, 3.8) is 0 Å². The molecule has 4 aliphatic rings. The second-order valence-corrected chi connectivity index (χ2v) is 11.2. The highest BCUT2D eigenvalue weighted by molar-refractivity contribution is 5.61. The minimum atomic E-state index is 0.138. The van der Waals surface area contributed by atoms with Gasteiger partial charge in [0.25, 0.3) is 0 Å². The number of hydrogen-bond donors (Lipinski definition) is 4. The van der Waals surface area contributed by atoms with E-state index in [1.807, 2.05) is 0 Å². The fourth-order valence-electron chi connectivity index (χ4n) is 6.78. The van der Waals surface area contributed by atoms with Crippen molar-refractivity contribution >= 4 is 17.1 Å². The number of hydrogen-bond acceptors (Lipinski definition) is 7. The Hall–Kier alpha value is -3.62. The van der Waals surface area contributed by atoms with E-state index in [0.29, 0.717) is 5.92 Å². The van der Waals surface area contributed by atoms with Crippen molar-refractivity contribution in [3.05, 3.63) is 115 Å². The first-order valence-electron chi connectivity index (χ1n) is 14.6.